The minimum atomic E-state index is -3.56. The molecule has 16 heavy (non-hydrogen) atoms. The Morgan fingerprint density at radius 3 is 2.50 bits per heavy atom. The van der Waals surface area contributed by atoms with Gasteiger partial charge in [0.05, 0.1) is 10.9 Å². The molecule has 1 saturated heterocycles. The van der Waals surface area contributed by atoms with E-state index in [2.05, 4.69) is 4.72 Å². The van der Waals surface area contributed by atoms with Crippen molar-refractivity contribution in [2.75, 3.05) is 5.75 Å². The van der Waals surface area contributed by atoms with Gasteiger partial charge in [0.25, 0.3) is 0 Å². The third kappa shape index (κ3) is 2.45. The fourth-order valence-electron chi connectivity index (χ4n) is 1.46. The van der Waals surface area contributed by atoms with E-state index in [-0.39, 0.29) is 10.0 Å². The highest BCUT2D eigenvalue weighted by atomic mass is 32.2. The molecule has 0 aliphatic carbocycles. The van der Waals surface area contributed by atoms with Crippen LogP contribution in [-0.4, -0.2) is 25.3 Å². The molecule has 0 bridgehead atoms. The lowest BCUT2D eigenvalue weighted by Gasteiger charge is -2.10. The van der Waals surface area contributed by atoms with E-state index in [0.29, 0.717) is 12.2 Å². The molecule has 1 aliphatic heterocycles. The van der Waals surface area contributed by atoms with Crippen molar-refractivity contribution in [3.8, 4) is 0 Å². The summed E-state index contributed by atoms with van der Waals surface area (Å²) in [6.45, 7) is 0. The van der Waals surface area contributed by atoms with Crippen LogP contribution in [0, 0.1) is 0 Å². The number of thioether (sulfide) groups is 1. The van der Waals surface area contributed by atoms with E-state index in [1.807, 2.05) is 0 Å². The largest absolute Gasteiger partial charge is 0.285 e. The number of benzene rings is 1. The van der Waals surface area contributed by atoms with Gasteiger partial charge in [0, 0.05) is 5.75 Å². The molecule has 1 N–H and O–H groups in total. The predicted octanol–water partition coefficient (Wildman–Crippen LogP) is 0.997. The van der Waals surface area contributed by atoms with E-state index >= 15 is 0 Å². The number of nitrogens with one attached hydrogen (secondary N) is 1. The van der Waals surface area contributed by atoms with Gasteiger partial charge in [-0.3, -0.25) is 4.79 Å². The Labute approximate surface area is 98.5 Å². The second kappa shape index (κ2) is 4.57. The third-order valence-electron chi connectivity index (χ3n) is 2.29. The third-order valence-corrected chi connectivity index (χ3v) is 4.78. The fraction of sp³-hybridized carbons (Fsp3) is 0.300. The van der Waals surface area contributed by atoms with Crippen molar-refractivity contribution in [1.82, 2.24) is 4.72 Å². The normalized spacial score (nSPS) is 21.2. The molecule has 0 amide bonds. The van der Waals surface area contributed by atoms with Gasteiger partial charge in [-0.25, -0.2) is 8.42 Å². The lowest BCUT2D eigenvalue weighted by atomic mass is 10.3. The summed E-state index contributed by atoms with van der Waals surface area (Å²) in [5, 5.41) is -0.0977. The molecule has 0 unspecified atom stereocenters. The molecule has 1 aliphatic rings. The first-order valence-electron chi connectivity index (χ1n) is 4.83. The molecule has 2 rings (SSSR count). The highest BCUT2D eigenvalue weighted by Gasteiger charge is 2.29. The predicted molar refractivity (Wildman–Crippen MR) is 62.6 cm³/mol. The van der Waals surface area contributed by atoms with Gasteiger partial charge in [0.1, 0.15) is 0 Å². The Kier molecular flexibility index (Phi) is 3.32. The molecular formula is C10H11NO3S2. The van der Waals surface area contributed by atoms with Gasteiger partial charge in [0.2, 0.25) is 15.1 Å². The van der Waals surface area contributed by atoms with Crippen LogP contribution in [0.5, 0.6) is 0 Å². The topological polar surface area (TPSA) is 63.2 Å². The SMILES string of the molecule is O=C1SCC[C@H]1NS(=O)(=O)c1ccccc1. The second-order valence-electron chi connectivity index (χ2n) is 3.44. The number of hydrogen-bond donors (Lipinski definition) is 1. The fourth-order valence-corrected chi connectivity index (χ4v) is 3.72. The van der Waals surface area contributed by atoms with Crippen molar-refractivity contribution in [3.63, 3.8) is 0 Å². The van der Waals surface area contributed by atoms with Crippen LogP contribution in [0.25, 0.3) is 0 Å². The summed E-state index contributed by atoms with van der Waals surface area (Å²) in [7, 11) is -3.56. The van der Waals surface area contributed by atoms with E-state index < -0.39 is 16.1 Å². The number of sulfonamides is 1. The van der Waals surface area contributed by atoms with Crippen molar-refractivity contribution < 1.29 is 13.2 Å². The minimum absolute atomic E-state index is 0.0977. The van der Waals surface area contributed by atoms with Crippen LogP contribution in [0.1, 0.15) is 6.42 Å². The van der Waals surface area contributed by atoms with Crippen LogP contribution in [-0.2, 0) is 14.8 Å². The first-order valence-corrected chi connectivity index (χ1v) is 7.30. The highest BCUT2D eigenvalue weighted by molar-refractivity contribution is 8.14. The van der Waals surface area contributed by atoms with Crippen LogP contribution >= 0.6 is 11.8 Å². The molecule has 1 aromatic carbocycles. The van der Waals surface area contributed by atoms with E-state index in [0.717, 1.165) is 0 Å². The first kappa shape index (κ1) is 11.6. The zero-order chi connectivity index (χ0) is 11.6. The van der Waals surface area contributed by atoms with Crippen LogP contribution in [0.4, 0.5) is 0 Å². The molecule has 4 nitrogen and oxygen atoms in total. The molecule has 1 aromatic rings. The Hall–Kier alpha value is -0.850. The van der Waals surface area contributed by atoms with Crippen LogP contribution in [0.2, 0.25) is 0 Å². The van der Waals surface area contributed by atoms with Gasteiger partial charge < -0.3 is 0 Å². The summed E-state index contributed by atoms with van der Waals surface area (Å²) in [6, 6.07) is 7.49. The summed E-state index contributed by atoms with van der Waals surface area (Å²) >= 11 is 1.18. The van der Waals surface area contributed by atoms with Gasteiger partial charge in [-0.2, -0.15) is 4.72 Å². The van der Waals surface area contributed by atoms with Gasteiger partial charge in [0.15, 0.2) is 0 Å². The monoisotopic (exact) mass is 257 g/mol. The maximum Gasteiger partial charge on any atom is 0.241 e. The van der Waals surface area contributed by atoms with E-state index in [1.165, 1.54) is 23.9 Å². The smallest absolute Gasteiger partial charge is 0.241 e. The molecular weight excluding hydrogens is 246 g/mol. The number of rotatable bonds is 3. The highest BCUT2D eigenvalue weighted by Crippen LogP contribution is 2.21. The molecule has 6 heteroatoms. The summed E-state index contributed by atoms with van der Waals surface area (Å²) < 4.78 is 26.1. The Morgan fingerprint density at radius 1 is 1.25 bits per heavy atom. The zero-order valence-electron chi connectivity index (χ0n) is 8.42. The van der Waals surface area contributed by atoms with Gasteiger partial charge in [-0.05, 0) is 18.6 Å². The molecule has 86 valence electrons. The summed E-state index contributed by atoms with van der Waals surface area (Å²) in [5.74, 6) is 0.681. The molecule has 0 spiro atoms. The molecule has 0 radical (unpaired) electrons. The second-order valence-corrected chi connectivity index (χ2v) is 6.26. The van der Waals surface area contributed by atoms with E-state index in [1.54, 1.807) is 18.2 Å². The van der Waals surface area contributed by atoms with Crippen LogP contribution < -0.4 is 4.72 Å². The van der Waals surface area contributed by atoms with Crippen LogP contribution in [0.3, 0.4) is 0 Å². The Morgan fingerprint density at radius 2 is 1.94 bits per heavy atom. The molecule has 0 aromatic heterocycles. The molecule has 0 saturated carbocycles. The van der Waals surface area contributed by atoms with Gasteiger partial charge in [-0.1, -0.05) is 30.0 Å². The molecule has 1 atom stereocenters. The first-order chi connectivity index (χ1) is 7.59. The van der Waals surface area contributed by atoms with Crippen molar-refractivity contribution in [1.29, 1.82) is 0 Å². The molecule has 1 heterocycles. The number of carbonyl (C=O) groups excluding carboxylic acids is 1. The maximum atomic E-state index is 11.9. The van der Waals surface area contributed by atoms with Crippen molar-refractivity contribution in [3.05, 3.63) is 30.3 Å². The van der Waals surface area contributed by atoms with Crippen LogP contribution in [0.15, 0.2) is 35.2 Å². The summed E-state index contributed by atoms with van der Waals surface area (Å²) in [5.41, 5.74) is 0. The summed E-state index contributed by atoms with van der Waals surface area (Å²) in [6.07, 6.45) is 0.565. The minimum Gasteiger partial charge on any atom is -0.285 e. The average molecular weight is 257 g/mol. The van der Waals surface area contributed by atoms with Crippen molar-refractivity contribution in [2.45, 2.75) is 17.4 Å². The van der Waals surface area contributed by atoms with E-state index in [9.17, 15) is 13.2 Å². The lowest BCUT2D eigenvalue weighted by molar-refractivity contribution is -0.111. The van der Waals surface area contributed by atoms with E-state index in [4.69, 9.17) is 0 Å². The van der Waals surface area contributed by atoms with Gasteiger partial charge >= 0.3 is 0 Å². The van der Waals surface area contributed by atoms with Gasteiger partial charge in [-0.15, -0.1) is 0 Å². The Bertz CT molecular complexity index is 484. The quantitative estimate of drug-likeness (QED) is 0.877. The van der Waals surface area contributed by atoms with Crippen molar-refractivity contribution >= 4 is 26.9 Å². The zero-order valence-corrected chi connectivity index (χ0v) is 10.1. The number of hydrogen-bond acceptors (Lipinski definition) is 4. The Balaban J connectivity index is 2.18. The lowest BCUT2D eigenvalue weighted by Crippen LogP contribution is -2.37. The number of carbonyl (C=O) groups is 1. The molecule has 1 fully saturated rings. The maximum absolute atomic E-state index is 11.9. The summed E-state index contributed by atoms with van der Waals surface area (Å²) in [4.78, 5) is 11.5. The average Bonchev–Trinajstić information content (AvgIpc) is 2.65. The van der Waals surface area contributed by atoms with Crippen molar-refractivity contribution in [2.24, 2.45) is 0 Å². The standard InChI is InChI=1S/C10H11NO3S2/c12-10-9(6-7-15-10)11-16(13,14)8-4-2-1-3-5-8/h1-5,9,11H,6-7H2/t9-/m1/s1.